The van der Waals surface area contributed by atoms with Crippen molar-refractivity contribution in [2.75, 3.05) is 5.32 Å². The third kappa shape index (κ3) is 2.78. The first-order valence-electron chi connectivity index (χ1n) is 5.32. The lowest BCUT2D eigenvalue weighted by atomic mass is 10.2. The van der Waals surface area contributed by atoms with E-state index in [1.165, 1.54) is 24.5 Å². The largest absolute Gasteiger partial charge is 0.619 e. The van der Waals surface area contributed by atoms with E-state index in [0.29, 0.717) is 21.0 Å². The molecule has 18 heavy (non-hydrogen) atoms. The van der Waals surface area contributed by atoms with E-state index in [4.69, 9.17) is 11.6 Å². The number of nitrogens with zero attached hydrogens (tertiary/aromatic N) is 1. The van der Waals surface area contributed by atoms with Crippen LogP contribution in [0.4, 0.5) is 5.69 Å². The predicted molar refractivity (Wildman–Crippen MR) is 69.5 cm³/mol. The first kappa shape index (κ1) is 12.4. The SMILES string of the molecule is Cc1ccc(Cl)cc1NC(=O)c1cc[n+]([O-])cc1. The van der Waals surface area contributed by atoms with Gasteiger partial charge in [0.05, 0.1) is 5.56 Å². The number of nitrogens with one attached hydrogen (secondary N) is 1. The molecule has 2 aromatic rings. The van der Waals surface area contributed by atoms with Crippen LogP contribution in [0, 0.1) is 12.1 Å². The van der Waals surface area contributed by atoms with Crippen molar-refractivity contribution in [1.29, 1.82) is 0 Å². The molecule has 0 spiro atoms. The Morgan fingerprint density at radius 2 is 1.94 bits per heavy atom. The number of anilines is 1. The molecule has 1 aromatic carbocycles. The molecule has 0 aliphatic rings. The van der Waals surface area contributed by atoms with Crippen LogP contribution in [0.5, 0.6) is 0 Å². The number of amides is 1. The van der Waals surface area contributed by atoms with Crippen LogP contribution in [0.3, 0.4) is 0 Å². The van der Waals surface area contributed by atoms with E-state index in [1.807, 2.05) is 13.0 Å². The molecule has 1 heterocycles. The average Bonchev–Trinajstić information content (AvgIpc) is 2.34. The fraction of sp³-hybridized carbons (Fsp3) is 0.0769. The number of aromatic nitrogens is 1. The van der Waals surface area contributed by atoms with Crippen LogP contribution in [0.15, 0.2) is 42.7 Å². The lowest BCUT2D eigenvalue weighted by Crippen LogP contribution is -2.25. The zero-order chi connectivity index (χ0) is 13.1. The summed E-state index contributed by atoms with van der Waals surface area (Å²) < 4.78 is 0.626. The lowest BCUT2D eigenvalue weighted by Gasteiger charge is -2.08. The van der Waals surface area contributed by atoms with Gasteiger partial charge in [-0.15, -0.1) is 0 Å². The Kier molecular flexibility index (Phi) is 3.48. The van der Waals surface area contributed by atoms with Gasteiger partial charge in [0.15, 0.2) is 12.4 Å². The molecule has 1 aromatic heterocycles. The van der Waals surface area contributed by atoms with Crippen LogP contribution in [-0.4, -0.2) is 5.91 Å². The molecule has 4 nitrogen and oxygen atoms in total. The summed E-state index contributed by atoms with van der Waals surface area (Å²) in [6.07, 6.45) is 2.56. The number of aryl methyl sites for hydroxylation is 1. The average molecular weight is 263 g/mol. The molecule has 0 radical (unpaired) electrons. The van der Waals surface area contributed by atoms with Crippen molar-refractivity contribution >= 4 is 23.2 Å². The second kappa shape index (κ2) is 5.06. The van der Waals surface area contributed by atoms with E-state index in [1.54, 1.807) is 12.1 Å². The van der Waals surface area contributed by atoms with Gasteiger partial charge in [-0.1, -0.05) is 17.7 Å². The van der Waals surface area contributed by atoms with Crippen LogP contribution < -0.4 is 10.0 Å². The summed E-state index contributed by atoms with van der Waals surface area (Å²) in [5, 5.41) is 14.2. The minimum Gasteiger partial charge on any atom is -0.619 e. The smallest absolute Gasteiger partial charge is 0.256 e. The van der Waals surface area contributed by atoms with Crippen LogP contribution in [0.2, 0.25) is 5.02 Å². The molecule has 0 atom stereocenters. The number of halogens is 1. The first-order chi connectivity index (χ1) is 8.56. The Morgan fingerprint density at radius 1 is 1.28 bits per heavy atom. The first-order valence-corrected chi connectivity index (χ1v) is 5.70. The Hall–Kier alpha value is -2.07. The molecule has 92 valence electrons. The molecular formula is C13H11ClN2O2. The maximum atomic E-state index is 11.9. The number of rotatable bonds is 2. The number of pyridine rings is 1. The van der Waals surface area contributed by atoms with Crippen molar-refractivity contribution in [3.8, 4) is 0 Å². The molecule has 1 amide bonds. The van der Waals surface area contributed by atoms with Gasteiger partial charge in [0, 0.05) is 22.8 Å². The summed E-state index contributed by atoms with van der Waals surface area (Å²) in [5.74, 6) is -0.277. The molecule has 0 saturated heterocycles. The highest BCUT2D eigenvalue weighted by atomic mass is 35.5. The topological polar surface area (TPSA) is 56.0 Å². The molecule has 0 aliphatic carbocycles. The van der Waals surface area contributed by atoms with Crippen molar-refractivity contribution in [3.05, 3.63) is 64.1 Å². The van der Waals surface area contributed by atoms with E-state index in [9.17, 15) is 10.0 Å². The highest BCUT2D eigenvalue weighted by Gasteiger charge is 2.09. The number of carbonyl (C=O) groups is 1. The maximum Gasteiger partial charge on any atom is 0.256 e. The highest BCUT2D eigenvalue weighted by molar-refractivity contribution is 6.31. The molecule has 0 aliphatic heterocycles. The quantitative estimate of drug-likeness (QED) is 0.668. The fourth-order valence-corrected chi connectivity index (χ4v) is 1.66. The Labute approximate surface area is 109 Å². The number of hydrogen-bond acceptors (Lipinski definition) is 2. The van der Waals surface area contributed by atoms with Gasteiger partial charge >= 0.3 is 0 Å². The zero-order valence-electron chi connectivity index (χ0n) is 9.68. The normalized spacial score (nSPS) is 10.1. The fourth-order valence-electron chi connectivity index (χ4n) is 1.49. The summed E-state index contributed by atoms with van der Waals surface area (Å²) in [6, 6.07) is 8.19. The molecule has 0 saturated carbocycles. The Balaban J connectivity index is 2.21. The summed E-state index contributed by atoms with van der Waals surface area (Å²) in [6.45, 7) is 1.88. The van der Waals surface area contributed by atoms with Gasteiger partial charge in [-0.25, -0.2) is 0 Å². The predicted octanol–water partition coefficient (Wildman–Crippen LogP) is 2.53. The zero-order valence-corrected chi connectivity index (χ0v) is 10.4. The number of benzene rings is 1. The van der Waals surface area contributed by atoms with Gasteiger partial charge in [0.1, 0.15) is 0 Å². The maximum absolute atomic E-state index is 11.9. The van der Waals surface area contributed by atoms with Crippen molar-refractivity contribution in [3.63, 3.8) is 0 Å². The van der Waals surface area contributed by atoms with Crippen molar-refractivity contribution in [2.45, 2.75) is 6.92 Å². The van der Waals surface area contributed by atoms with Crippen molar-refractivity contribution < 1.29 is 9.52 Å². The van der Waals surface area contributed by atoms with E-state index in [2.05, 4.69) is 5.32 Å². The lowest BCUT2D eigenvalue weighted by molar-refractivity contribution is -0.605. The molecule has 0 fully saturated rings. The third-order valence-corrected chi connectivity index (χ3v) is 2.75. The van der Waals surface area contributed by atoms with E-state index < -0.39 is 0 Å². The molecule has 2 rings (SSSR count). The van der Waals surface area contributed by atoms with Crippen LogP contribution in [0.25, 0.3) is 0 Å². The van der Waals surface area contributed by atoms with Crippen LogP contribution in [-0.2, 0) is 0 Å². The Morgan fingerprint density at radius 3 is 2.61 bits per heavy atom. The van der Waals surface area contributed by atoms with Gasteiger partial charge in [-0.05, 0) is 24.6 Å². The second-order valence-electron chi connectivity index (χ2n) is 3.86. The number of hydrogen-bond donors (Lipinski definition) is 1. The van der Waals surface area contributed by atoms with E-state index in [0.717, 1.165) is 5.56 Å². The molecule has 5 heteroatoms. The molecular weight excluding hydrogens is 252 g/mol. The summed E-state index contributed by atoms with van der Waals surface area (Å²) >= 11 is 5.87. The van der Waals surface area contributed by atoms with E-state index >= 15 is 0 Å². The van der Waals surface area contributed by atoms with Gasteiger partial charge in [0.25, 0.3) is 5.91 Å². The van der Waals surface area contributed by atoms with Crippen LogP contribution in [0.1, 0.15) is 15.9 Å². The molecule has 0 unspecified atom stereocenters. The van der Waals surface area contributed by atoms with Gasteiger partial charge < -0.3 is 10.5 Å². The number of carbonyl (C=O) groups excluding carboxylic acids is 1. The summed E-state index contributed by atoms with van der Waals surface area (Å²) in [5.41, 5.74) is 2.00. The monoisotopic (exact) mass is 262 g/mol. The van der Waals surface area contributed by atoms with E-state index in [-0.39, 0.29) is 5.91 Å². The Bertz CT molecular complexity index is 582. The van der Waals surface area contributed by atoms with Crippen molar-refractivity contribution in [1.82, 2.24) is 0 Å². The van der Waals surface area contributed by atoms with Gasteiger partial charge in [-0.2, -0.15) is 4.73 Å². The minimum absolute atomic E-state index is 0.277. The van der Waals surface area contributed by atoms with Crippen molar-refractivity contribution in [2.24, 2.45) is 0 Å². The summed E-state index contributed by atoms with van der Waals surface area (Å²) in [7, 11) is 0. The third-order valence-electron chi connectivity index (χ3n) is 2.51. The summed E-state index contributed by atoms with van der Waals surface area (Å²) in [4.78, 5) is 11.9. The molecule has 1 N–H and O–H groups in total. The molecule has 0 bridgehead atoms. The van der Waals surface area contributed by atoms with Gasteiger partial charge in [0.2, 0.25) is 0 Å². The second-order valence-corrected chi connectivity index (χ2v) is 4.30. The van der Waals surface area contributed by atoms with Crippen LogP contribution >= 0.6 is 11.6 Å². The highest BCUT2D eigenvalue weighted by Crippen LogP contribution is 2.20. The van der Waals surface area contributed by atoms with Gasteiger partial charge in [-0.3, -0.25) is 4.79 Å². The minimum atomic E-state index is -0.277. The standard InChI is InChI=1S/C13H11ClN2O2/c1-9-2-3-11(14)8-12(9)15-13(17)10-4-6-16(18)7-5-10/h2-8H,1H3,(H,15,17).